The summed E-state index contributed by atoms with van der Waals surface area (Å²) < 4.78 is 1.88. The number of aliphatic hydroxyl groups excluding tert-OH is 1. The number of carbonyl (C=O) groups excluding carboxylic acids is 1. The molecule has 2 N–H and O–H groups in total. The van der Waals surface area contributed by atoms with Crippen LogP contribution in [0.2, 0.25) is 0 Å². The minimum absolute atomic E-state index is 0.0508. The second-order valence-corrected chi connectivity index (χ2v) is 7.15. The van der Waals surface area contributed by atoms with Gasteiger partial charge in [-0.3, -0.25) is 9.48 Å². The van der Waals surface area contributed by atoms with Crippen molar-refractivity contribution in [3.05, 3.63) is 53.3 Å². The molecule has 1 heterocycles. The topological polar surface area (TPSA) is 67.2 Å². The maximum absolute atomic E-state index is 12.4. The number of hydrogen-bond acceptors (Lipinski definition) is 3. The Balaban J connectivity index is 1.57. The van der Waals surface area contributed by atoms with Crippen molar-refractivity contribution in [2.24, 2.45) is 5.92 Å². The molecule has 0 bridgehead atoms. The minimum Gasteiger partial charge on any atom is -0.393 e. The number of benzene rings is 1. The van der Waals surface area contributed by atoms with Gasteiger partial charge in [0.25, 0.3) is 0 Å². The predicted molar refractivity (Wildman–Crippen MR) is 97.1 cm³/mol. The number of nitrogens with zero attached hydrogens (tertiary/aromatic N) is 2. The Morgan fingerprint density at radius 3 is 2.64 bits per heavy atom. The van der Waals surface area contributed by atoms with Gasteiger partial charge in [-0.05, 0) is 50.7 Å². The third-order valence-corrected chi connectivity index (χ3v) is 5.02. The van der Waals surface area contributed by atoms with Crippen LogP contribution in [0.1, 0.15) is 36.2 Å². The molecule has 2 aromatic rings. The van der Waals surface area contributed by atoms with Crippen LogP contribution in [0.4, 0.5) is 0 Å². The zero-order valence-electron chi connectivity index (χ0n) is 15.0. The van der Waals surface area contributed by atoms with E-state index in [1.54, 1.807) is 0 Å². The average Bonchev–Trinajstić information content (AvgIpc) is 2.88. The normalized spacial score (nSPS) is 20.8. The van der Waals surface area contributed by atoms with E-state index in [2.05, 4.69) is 22.5 Å². The quantitative estimate of drug-likeness (QED) is 0.812. The third kappa shape index (κ3) is 4.69. The smallest absolute Gasteiger partial charge is 0.222 e. The summed E-state index contributed by atoms with van der Waals surface area (Å²) >= 11 is 0. The van der Waals surface area contributed by atoms with E-state index in [-0.39, 0.29) is 18.1 Å². The molecule has 1 fully saturated rings. The number of nitrogens with one attached hydrogen (secondary N) is 1. The van der Waals surface area contributed by atoms with E-state index in [9.17, 15) is 9.90 Å². The van der Waals surface area contributed by atoms with Crippen LogP contribution < -0.4 is 5.32 Å². The molecular formula is C20H27N3O2. The van der Waals surface area contributed by atoms with Gasteiger partial charge in [0, 0.05) is 24.7 Å². The molecule has 5 heteroatoms. The Bertz CT molecular complexity index is 705. The van der Waals surface area contributed by atoms with Crippen molar-refractivity contribution >= 4 is 5.91 Å². The molecular weight excluding hydrogens is 314 g/mol. The zero-order valence-corrected chi connectivity index (χ0v) is 15.0. The lowest BCUT2D eigenvalue weighted by Crippen LogP contribution is -2.48. The molecule has 1 amide bonds. The monoisotopic (exact) mass is 341 g/mol. The highest BCUT2D eigenvalue weighted by atomic mass is 16.3. The molecule has 1 atom stereocenters. The van der Waals surface area contributed by atoms with E-state index < -0.39 is 0 Å². The lowest BCUT2D eigenvalue weighted by atomic mass is 9.75. The summed E-state index contributed by atoms with van der Waals surface area (Å²) in [5.74, 6) is 0.405. The average molecular weight is 341 g/mol. The number of rotatable bonds is 7. The fourth-order valence-electron chi connectivity index (χ4n) is 3.55. The number of hydrogen-bond donors (Lipinski definition) is 2. The van der Waals surface area contributed by atoms with E-state index >= 15 is 0 Å². The molecule has 5 nitrogen and oxygen atoms in total. The summed E-state index contributed by atoms with van der Waals surface area (Å²) in [5.41, 5.74) is 3.27. The Labute approximate surface area is 149 Å². The zero-order chi connectivity index (χ0) is 17.8. The molecule has 0 aliphatic heterocycles. The molecule has 0 spiro atoms. The maximum Gasteiger partial charge on any atom is 0.222 e. The summed E-state index contributed by atoms with van der Waals surface area (Å²) in [6.07, 6.45) is 2.56. The third-order valence-electron chi connectivity index (χ3n) is 5.02. The van der Waals surface area contributed by atoms with Gasteiger partial charge in [0.05, 0.1) is 11.8 Å². The summed E-state index contributed by atoms with van der Waals surface area (Å²) in [4.78, 5) is 12.4. The van der Waals surface area contributed by atoms with Crippen molar-refractivity contribution in [1.82, 2.24) is 15.1 Å². The van der Waals surface area contributed by atoms with Gasteiger partial charge in [-0.15, -0.1) is 0 Å². The largest absolute Gasteiger partial charge is 0.393 e. The van der Waals surface area contributed by atoms with Crippen molar-refractivity contribution in [2.45, 2.75) is 58.2 Å². The van der Waals surface area contributed by atoms with Crippen LogP contribution >= 0.6 is 0 Å². The van der Waals surface area contributed by atoms with Crippen molar-refractivity contribution in [3.63, 3.8) is 0 Å². The highest BCUT2D eigenvalue weighted by Crippen LogP contribution is 2.31. The van der Waals surface area contributed by atoms with Gasteiger partial charge in [-0.25, -0.2) is 0 Å². The van der Waals surface area contributed by atoms with Crippen LogP contribution in [0, 0.1) is 19.8 Å². The number of carbonyl (C=O) groups is 1. The molecule has 0 radical (unpaired) electrons. The Morgan fingerprint density at radius 1 is 1.32 bits per heavy atom. The molecule has 1 aliphatic rings. The molecule has 3 rings (SSSR count). The first-order valence-electron chi connectivity index (χ1n) is 9.03. The first-order chi connectivity index (χ1) is 12.0. The van der Waals surface area contributed by atoms with Crippen molar-refractivity contribution in [1.29, 1.82) is 0 Å². The van der Waals surface area contributed by atoms with Crippen LogP contribution in [-0.2, 0) is 17.8 Å². The van der Waals surface area contributed by atoms with Gasteiger partial charge in [0.15, 0.2) is 0 Å². The molecule has 1 aromatic heterocycles. The predicted octanol–water partition coefficient (Wildman–Crippen LogP) is 2.39. The van der Waals surface area contributed by atoms with Gasteiger partial charge in [0.1, 0.15) is 0 Å². The molecule has 0 saturated heterocycles. The van der Waals surface area contributed by atoms with Crippen LogP contribution in [0.3, 0.4) is 0 Å². The Kier molecular flexibility index (Phi) is 5.53. The number of aromatic nitrogens is 2. The number of amides is 1. The van der Waals surface area contributed by atoms with E-state index in [1.807, 2.05) is 42.8 Å². The van der Waals surface area contributed by atoms with E-state index in [1.165, 1.54) is 5.56 Å². The second kappa shape index (κ2) is 7.83. The van der Waals surface area contributed by atoms with E-state index in [0.29, 0.717) is 18.9 Å². The lowest BCUT2D eigenvalue weighted by molar-refractivity contribution is -0.123. The van der Waals surface area contributed by atoms with Gasteiger partial charge in [0.2, 0.25) is 5.91 Å². The van der Waals surface area contributed by atoms with Crippen LogP contribution in [-0.4, -0.2) is 32.9 Å². The summed E-state index contributed by atoms with van der Waals surface area (Å²) in [7, 11) is 0. The van der Waals surface area contributed by atoms with Crippen molar-refractivity contribution < 1.29 is 9.90 Å². The number of aryl methyl sites for hydroxylation is 3. The van der Waals surface area contributed by atoms with E-state index in [0.717, 1.165) is 30.7 Å². The molecule has 25 heavy (non-hydrogen) atoms. The molecule has 1 aromatic carbocycles. The minimum atomic E-state index is -0.213. The molecule has 1 aliphatic carbocycles. The molecule has 134 valence electrons. The Morgan fingerprint density at radius 2 is 2.04 bits per heavy atom. The fraction of sp³-hybridized carbons (Fsp3) is 0.500. The first kappa shape index (κ1) is 17.7. The summed E-state index contributed by atoms with van der Waals surface area (Å²) in [5, 5.41) is 17.2. The molecule has 1 saturated carbocycles. The van der Waals surface area contributed by atoms with E-state index in [4.69, 9.17) is 0 Å². The fourth-order valence-corrected chi connectivity index (χ4v) is 3.55. The first-order valence-corrected chi connectivity index (χ1v) is 9.03. The van der Waals surface area contributed by atoms with Crippen molar-refractivity contribution in [2.75, 3.05) is 0 Å². The van der Waals surface area contributed by atoms with Gasteiger partial charge >= 0.3 is 0 Å². The highest BCUT2D eigenvalue weighted by Gasteiger charge is 2.34. The Hall–Kier alpha value is -2.14. The second-order valence-electron chi connectivity index (χ2n) is 7.15. The SMILES string of the molecule is Cc1cc(C)n(CCC(=O)N[C@H](Cc2ccccc2)C2CC(O)C2)n1. The lowest BCUT2D eigenvalue weighted by Gasteiger charge is -2.38. The van der Waals surface area contributed by atoms with Gasteiger partial charge in [-0.1, -0.05) is 30.3 Å². The number of aliphatic hydroxyl groups is 1. The van der Waals surface area contributed by atoms with Crippen LogP contribution in [0.25, 0.3) is 0 Å². The molecule has 0 unspecified atom stereocenters. The standard InChI is InChI=1S/C20H27N3O2/c1-14-10-15(2)23(22-14)9-8-20(25)21-19(17-12-18(24)13-17)11-16-6-4-3-5-7-16/h3-7,10,17-19,24H,8-9,11-13H2,1-2H3,(H,21,25)/t17?,18?,19-/m1/s1. The highest BCUT2D eigenvalue weighted by molar-refractivity contribution is 5.76. The van der Waals surface area contributed by atoms with Crippen LogP contribution in [0.15, 0.2) is 36.4 Å². The van der Waals surface area contributed by atoms with Crippen molar-refractivity contribution in [3.8, 4) is 0 Å². The summed E-state index contributed by atoms with van der Waals surface area (Å²) in [6.45, 7) is 4.56. The maximum atomic E-state index is 12.4. The van der Waals surface area contributed by atoms with Gasteiger partial charge < -0.3 is 10.4 Å². The summed E-state index contributed by atoms with van der Waals surface area (Å²) in [6, 6.07) is 12.3. The van der Waals surface area contributed by atoms with Gasteiger partial charge in [-0.2, -0.15) is 5.10 Å². The van der Waals surface area contributed by atoms with Crippen LogP contribution in [0.5, 0.6) is 0 Å².